The molecule has 1 aromatic rings. The summed E-state index contributed by atoms with van der Waals surface area (Å²) in [4.78, 5) is 0. The van der Waals surface area contributed by atoms with Crippen LogP contribution in [-0.2, 0) is 6.54 Å². The molecular formula is C11H21N3. The Bertz CT molecular complexity index is 253. The first kappa shape index (κ1) is 11.1. The van der Waals surface area contributed by atoms with Crippen LogP contribution in [0.3, 0.4) is 0 Å². The predicted octanol–water partition coefficient (Wildman–Crippen LogP) is 2.75. The summed E-state index contributed by atoms with van der Waals surface area (Å²) in [6, 6.07) is 2.04. The van der Waals surface area contributed by atoms with E-state index in [0.717, 1.165) is 31.2 Å². The lowest BCUT2D eigenvalue weighted by Gasteiger charge is -2.05. The predicted molar refractivity (Wildman–Crippen MR) is 60.5 cm³/mol. The van der Waals surface area contributed by atoms with E-state index in [4.69, 9.17) is 0 Å². The lowest BCUT2D eigenvalue weighted by atomic mass is 10.1. The largest absolute Gasteiger partial charge is 0.369 e. The van der Waals surface area contributed by atoms with E-state index in [9.17, 15) is 0 Å². The van der Waals surface area contributed by atoms with Crippen molar-refractivity contribution < 1.29 is 0 Å². The number of hydrogen-bond donors (Lipinski definition) is 1. The van der Waals surface area contributed by atoms with E-state index in [1.54, 1.807) is 0 Å². The third kappa shape index (κ3) is 3.81. The molecule has 1 rings (SSSR count). The van der Waals surface area contributed by atoms with E-state index in [1.807, 2.05) is 16.9 Å². The molecular weight excluding hydrogens is 174 g/mol. The summed E-state index contributed by atoms with van der Waals surface area (Å²) in [5.41, 5.74) is 0. The molecule has 0 bridgehead atoms. The van der Waals surface area contributed by atoms with Gasteiger partial charge in [0.1, 0.15) is 5.82 Å². The second-order valence-electron chi connectivity index (χ2n) is 4.07. The van der Waals surface area contributed by atoms with Crippen molar-refractivity contribution in [1.82, 2.24) is 9.78 Å². The fourth-order valence-corrected chi connectivity index (χ4v) is 1.30. The Balaban J connectivity index is 2.28. The fraction of sp³-hybridized carbons (Fsp3) is 0.727. The molecule has 14 heavy (non-hydrogen) atoms. The van der Waals surface area contributed by atoms with E-state index in [-0.39, 0.29) is 0 Å². The van der Waals surface area contributed by atoms with Gasteiger partial charge in [0, 0.05) is 25.4 Å². The van der Waals surface area contributed by atoms with Crippen LogP contribution < -0.4 is 5.32 Å². The summed E-state index contributed by atoms with van der Waals surface area (Å²) < 4.78 is 1.98. The van der Waals surface area contributed by atoms with Crippen molar-refractivity contribution in [3.63, 3.8) is 0 Å². The Hall–Kier alpha value is -0.990. The zero-order valence-electron chi connectivity index (χ0n) is 9.45. The zero-order chi connectivity index (χ0) is 10.4. The Morgan fingerprint density at radius 2 is 2.29 bits per heavy atom. The highest BCUT2D eigenvalue weighted by atomic mass is 15.3. The molecule has 0 amide bonds. The minimum Gasteiger partial charge on any atom is -0.369 e. The normalized spacial score (nSPS) is 10.9. The first-order chi connectivity index (χ1) is 6.72. The van der Waals surface area contributed by atoms with Crippen molar-refractivity contribution in [3.8, 4) is 0 Å². The van der Waals surface area contributed by atoms with Crippen LogP contribution in [0.4, 0.5) is 5.82 Å². The Morgan fingerprint density at radius 3 is 2.93 bits per heavy atom. The molecule has 0 atom stereocenters. The third-order valence-corrected chi connectivity index (χ3v) is 2.12. The summed E-state index contributed by atoms with van der Waals surface area (Å²) in [7, 11) is 0. The highest BCUT2D eigenvalue weighted by Crippen LogP contribution is 2.05. The lowest BCUT2D eigenvalue weighted by Crippen LogP contribution is -2.06. The minimum absolute atomic E-state index is 0.750. The van der Waals surface area contributed by atoms with E-state index in [1.165, 1.54) is 6.42 Å². The highest BCUT2D eigenvalue weighted by molar-refractivity contribution is 5.31. The number of nitrogens with zero attached hydrogens (tertiary/aromatic N) is 2. The maximum Gasteiger partial charge on any atom is 0.147 e. The maximum atomic E-state index is 4.40. The average Bonchev–Trinajstić information content (AvgIpc) is 2.53. The van der Waals surface area contributed by atoms with Gasteiger partial charge in [-0.1, -0.05) is 20.8 Å². The summed E-state index contributed by atoms with van der Waals surface area (Å²) in [5, 5.41) is 7.73. The van der Waals surface area contributed by atoms with Gasteiger partial charge in [0.2, 0.25) is 0 Å². The Kier molecular flexibility index (Phi) is 4.50. The molecule has 0 spiro atoms. The second-order valence-corrected chi connectivity index (χ2v) is 4.07. The topological polar surface area (TPSA) is 29.9 Å². The quantitative estimate of drug-likeness (QED) is 0.756. The third-order valence-electron chi connectivity index (χ3n) is 2.12. The molecule has 0 aliphatic heterocycles. The van der Waals surface area contributed by atoms with Crippen LogP contribution in [0.25, 0.3) is 0 Å². The second kappa shape index (κ2) is 5.68. The molecule has 80 valence electrons. The Morgan fingerprint density at radius 1 is 1.50 bits per heavy atom. The number of nitrogens with one attached hydrogen (secondary N) is 1. The smallest absolute Gasteiger partial charge is 0.147 e. The fourth-order valence-electron chi connectivity index (χ4n) is 1.30. The van der Waals surface area contributed by atoms with Crippen LogP contribution in [0.2, 0.25) is 0 Å². The van der Waals surface area contributed by atoms with Crippen molar-refractivity contribution >= 4 is 5.82 Å². The standard InChI is InChI=1S/C11H21N3/c1-4-8-14-9-6-11(13-14)12-7-5-10(2)3/h6,9-10H,4-5,7-8H2,1-3H3,(H,12,13). The van der Waals surface area contributed by atoms with Crippen molar-refractivity contribution in [2.75, 3.05) is 11.9 Å². The number of hydrogen-bond acceptors (Lipinski definition) is 2. The summed E-state index contributed by atoms with van der Waals surface area (Å²) in [5.74, 6) is 1.75. The van der Waals surface area contributed by atoms with Crippen LogP contribution in [0.15, 0.2) is 12.3 Å². The van der Waals surface area contributed by atoms with Crippen LogP contribution in [0, 0.1) is 5.92 Å². The highest BCUT2D eigenvalue weighted by Gasteiger charge is 1.98. The van der Waals surface area contributed by atoms with Gasteiger partial charge in [-0.25, -0.2) is 0 Å². The summed E-state index contributed by atoms with van der Waals surface area (Å²) in [6.45, 7) is 8.65. The molecule has 0 fully saturated rings. The first-order valence-electron chi connectivity index (χ1n) is 5.49. The SMILES string of the molecule is CCCn1ccc(NCCC(C)C)n1. The summed E-state index contributed by atoms with van der Waals surface area (Å²) in [6.07, 6.45) is 4.36. The number of rotatable bonds is 6. The van der Waals surface area contributed by atoms with E-state index in [2.05, 4.69) is 31.2 Å². The molecule has 1 aromatic heterocycles. The van der Waals surface area contributed by atoms with E-state index < -0.39 is 0 Å². The van der Waals surface area contributed by atoms with Crippen LogP contribution in [0.1, 0.15) is 33.6 Å². The van der Waals surface area contributed by atoms with E-state index >= 15 is 0 Å². The molecule has 1 heterocycles. The molecule has 0 aromatic carbocycles. The van der Waals surface area contributed by atoms with Crippen molar-refractivity contribution in [1.29, 1.82) is 0 Å². The first-order valence-corrected chi connectivity index (χ1v) is 5.49. The van der Waals surface area contributed by atoms with Gasteiger partial charge in [-0.15, -0.1) is 0 Å². The molecule has 0 saturated heterocycles. The van der Waals surface area contributed by atoms with Crippen molar-refractivity contribution in [3.05, 3.63) is 12.3 Å². The Labute approximate surface area is 86.5 Å². The van der Waals surface area contributed by atoms with Crippen LogP contribution in [-0.4, -0.2) is 16.3 Å². The molecule has 0 unspecified atom stereocenters. The molecule has 0 aliphatic carbocycles. The van der Waals surface area contributed by atoms with Gasteiger partial charge in [-0.3, -0.25) is 4.68 Å². The van der Waals surface area contributed by atoms with Gasteiger partial charge < -0.3 is 5.32 Å². The van der Waals surface area contributed by atoms with Gasteiger partial charge in [-0.05, 0) is 18.8 Å². The van der Waals surface area contributed by atoms with Gasteiger partial charge in [-0.2, -0.15) is 5.10 Å². The number of aromatic nitrogens is 2. The van der Waals surface area contributed by atoms with Crippen molar-refractivity contribution in [2.45, 2.75) is 40.2 Å². The summed E-state index contributed by atoms with van der Waals surface area (Å²) >= 11 is 0. The van der Waals surface area contributed by atoms with Gasteiger partial charge in [0.15, 0.2) is 0 Å². The monoisotopic (exact) mass is 195 g/mol. The molecule has 0 radical (unpaired) electrons. The van der Waals surface area contributed by atoms with Crippen LogP contribution in [0.5, 0.6) is 0 Å². The molecule has 0 aliphatic rings. The molecule has 3 heteroatoms. The van der Waals surface area contributed by atoms with E-state index in [0.29, 0.717) is 0 Å². The maximum absolute atomic E-state index is 4.40. The molecule has 1 N–H and O–H groups in total. The zero-order valence-corrected chi connectivity index (χ0v) is 9.45. The van der Waals surface area contributed by atoms with Gasteiger partial charge >= 0.3 is 0 Å². The van der Waals surface area contributed by atoms with Gasteiger partial charge in [0.25, 0.3) is 0 Å². The average molecular weight is 195 g/mol. The van der Waals surface area contributed by atoms with Crippen molar-refractivity contribution in [2.24, 2.45) is 5.92 Å². The van der Waals surface area contributed by atoms with Gasteiger partial charge in [0.05, 0.1) is 0 Å². The number of aryl methyl sites for hydroxylation is 1. The lowest BCUT2D eigenvalue weighted by molar-refractivity contribution is 0.595. The van der Waals surface area contributed by atoms with Crippen LogP contribution >= 0.6 is 0 Å². The number of anilines is 1. The molecule has 3 nitrogen and oxygen atoms in total. The minimum atomic E-state index is 0.750. The molecule has 0 saturated carbocycles.